The van der Waals surface area contributed by atoms with Crippen LogP contribution >= 0.6 is 0 Å². The second-order valence-corrected chi connectivity index (χ2v) is 9.51. The second kappa shape index (κ2) is 21.4. The predicted molar refractivity (Wildman–Crippen MR) is 167 cm³/mol. The molecular formula is C33H33BMoN7O5+. The van der Waals surface area contributed by atoms with E-state index in [1.54, 1.807) is 44.4 Å². The molecule has 0 bridgehead atoms. The van der Waals surface area contributed by atoms with E-state index >= 15 is 0 Å². The molecule has 14 heteroatoms. The monoisotopic (exact) mass is 716 g/mol. The number of carbonyl (C=O) groups is 1. The largest absolute Gasteiger partial charge is 2.00 e. The molecule has 0 N–H and O–H groups in total. The number of benzene rings is 2. The van der Waals surface area contributed by atoms with Crippen LogP contribution in [0.15, 0.2) is 116 Å². The van der Waals surface area contributed by atoms with Gasteiger partial charge in [0, 0.05) is 38.2 Å². The number of nitrogens with zero attached hydrogens (tertiary/aromatic N) is 7. The summed E-state index contributed by atoms with van der Waals surface area (Å²) in [6.07, 6.45) is 16.0. The standard InChI is InChI=1S/C22H24NO3.C9H9BN6.2CO.Mo/c1-3-19-14-15-20(25-2)21(18-12-8-5-9-13-18)23(19)22(24)26-16-17-10-6-4-7-11-17;1-4-11-14(7-1)10(15-8-2-5-12-15)16-9-3-6-13-16;2*1-2;/h4-15,19,21H,3,16H2,1-2H3;1-9H;;;/q;-1;;;+2/t19-,21+;;;;/m1..../s1. The van der Waals surface area contributed by atoms with Crippen LogP contribution in [0.3, 0.4) is 0 Å². The van der Waals surface area contributed by atoms with E-state index in [0.717, 1.165) is 23.7 Å². The Labute approximate surface area is 289 Å². The van der Waals surface area contributed by atoms with Crippen LogP contribution in [0.25, 0.3) is 0 Å². The number of amides is 1. The number of rotatable bonds is 8. The fourth-order valence-corrected chi connectivity index (χ4v) is 4.84. The Morgan fingerprint density at radius 3 is 1.72 bits per heavy atom. The maximum atomic E-state index is 13.0. The van der Waals surface area contributed by atoms with Crippen molar-refractivity contribution in [3.8, 4) is 0 Å². The summed E-state index contributed by atoms with van der Waals surface area (Å²) in [5.74, 6) is 0. The van der Waals surface area contributed by atoms with Crippen LogP contribution in [0.2, 0.25) is 0 Å². The molecule has 0 saturated carbocycles. The van der Waals surface area contributed by atoms with Gasteiger partial charge in [0.15, 0.2) is 0 Å². The Balaban J connectivity index is 0.000000313. The normalized spacial score (nSPS) is 15.3. The van der Waals surface area contributed by atoms with E-state index in [0.29, 0.717) is 0 Å². The SMILES string of the molecule is CC[C@@H]1[CH][CH][C](OC)[C@H](c2ccccc2)N1C(=O)OCc1ccccc1.[C-]#[O+].[C-]#[O+].[Mo+2].c1cnn([B-](n2cccn2)n2cccn2)c1. The van der Waals surface area contributed by atoms with Crippen molar-refractivity contribution in [3.05, 3.63) is 159 Å². The maximum absolute atomic E-state index is 13.0. The number of likely N-dealkylation sites (tertiary alicyclic amines) is 1. The van der Waals surface area contributed by atoms with Gasteiger partial charge in [0.1, 0.15) is 12.7 Å². The Morgan fingerprint density at radius 2 is 1.30 bits per heavy atom. The Morgan fingerprint density at radius 1 is 0.809 bits per heavy atom. The molecule has 1 fully saturated rings. The minimum Gasteiger partial charge on any atom is -0.425 e. The molecule has 1 amide bonds. The molecule has 12 nitrogen and oxygen atoms in total. The van der Waals surface area contributed by atoms with Gasteiger partial charge in [0.05, 0.1) is 6.04 Å². The topological polar surface area (TPSA) is 132 Å². The minimum absolute atomic E-state index is 0. The van der Waals surface area contributed by atoms with Gasteiger partial charge in [-0.1, -0.05) is 67.6 Å². The molecule has 0 spiro atoms. The first kappa shape index (κ1) is 38.7. The van der Waals surface area contributed by atoms with E-state index in [1.165, 1.54) is 0 Å². The molecule has 47 heavy (non-hydrogen) atoms. The van der Waals surface area contributed by atoms with Gasteiger partial charge in [0.2, 0.25) is 0 Å². The van der Waals surface area contributed by atoms with Crippen molar-refractivity contribution in [1.29, 1.82) is 0 Å². The summed E-state index contributed by atoms with van der Waals surface area (Å²) in [5.41, 5.74) is 1.97. The molecule has 5 aromatic rings. The molecule has 1 saturated heterocycles. The summed E-state index contributed by atoms with van der Waals surface area (Å²) >= 11 is 0. The molecule has 4 heterocycles. The van der Waals surface area contributed by atoms with Crippen molar-refractivity contribution in [2.75, 3.05) is 7.11 Å². The number of carbonyl (C=O) groups excluding carboxylic acids is 1. The summed E-state index contributed by atoms with van der Waals surface area (Å²) in [6, 6.07) is 24.9. The van der Waals surface area contributed by atoms with Crippen LogP contribution in [0, 0.1) is 32.2 Å². The smallest absolute Gasteiger partial charge is 0.425 e. The van der Waals surface area contributed by atoms with E-state index in [4.69, 9.17) is 18.8 Å². The molecule has 2 aromatic carbocycles. The van der Waals surface area contributed by atoms with Gasteiger partial charge in [-0.05, 0) is 60.8 Å². The first-order chi connectivity index (χ1) is 22.7. The fourth-order valence-electron chi connectivity index (χ4n) is 4.84. The molecule has 0 aliphatic carbocycles. The van der Waals surface area contributed by atoms with Gasteiger partial charge in [0.25, 0.3) is 7.12 Å². The van der Waals surface area contributed by atoms with E-state index in [9.17, 15) is 4.79 Å². The van der Waals surface area contributed by atoms with E-state index in [1.807, 2.05) is 110 Å². The average Bonchev–Trinajstić information content (AvgIpc) is 3.96. The third-order valence-electron chi connectivity index (χ3n) is 6.86. The van der Waals surface area contributed by atoms with Crippen molar-refractivity contribution < 1.29 is 44.6 Å². The maximum Gasteiger partial charge on any atom is 2.00 e. The van der Waals surface area contributed by atoms with Gasteiger partial charge in [-0.2, -0.15) is 0 Å². The zero-order valence-electron chi connectivity index (χ0n) is 25.9. The van der Waals surface area contributed by atoms with Crippen molar-refractivity contribution in [2.45, 2.75) is 32.0 Å². The van der Waals surface area contributed by atoms with Crippen molar-refractivity contribution in [2.24, 2.45) is 0 Å². The van der Waals surface area contributed by atoms with Gasteiger partial charge in [-0.25, -0.2) is 20.1 Å². The van der Waals surface area contributed by atoms with Crippen molar-refractivity contribution in [1.82, 2.24) is 34.0 Å². The summed E-state index contributed by atoms with van der Waals surface area (Å²) in [5, 5.41) is 12.7. The number of hydrogen-bond donors (Lipinski definition) is 0. The molecular weight excluding hydrogens is 681 g/mol. The Hall–Kier alpha value is -4.47. The molecule has 2 atom stereocenters. The number of piperidine rings is 1. The van der Waals surface area contributed by atoms with Crippen LogP contribution in [0.4, 0.5) is 4.79 Å². The predicted octanol–water partition coefficient (Wildman–Crippen LogP) is 4.87. The third kappa shape index (κ3) is 10.5. The molecule has 1 aliphatic rings. The molecule has 1 aliphatic heterocycles. The van der Waals surface area contributed by atoms with Gasteiger partial charge in [-0.15, -0.1) is 0 Å². The first-order valence-corrected chi connectivity index (χ1v) is 14.2. The quantitative estimate of drug-likeness (QED) is 0.128. The number of ether oxygens (including phenoxy) is 2. The Kier molecular flexibility index (Phi) is 17.6. The minimum atomic E-state index is -0.339. The van der Waals surface area contributed by atoms with Gasteiger partial charge in [-0.3, -0.25) is 4.90 Å². The summed E-state index contributed by atoms with van der Waals surface area (Å²) in [4.78, 5) is 14.8. The van der Waals surface area contributed by atoms with E-state index in [-0.39, 0.29) is 53.0 Å². The van der Waals surface area contributed by atoms with E-state index in [2.05, 4.69) is 35.5 Å². The molecule has 3 aromatic heterocycles. The van der Waals surface area contributed by atoms with Crippen LogP contribution in [0.5, 0.6) is 0 Å². The Bertz CT molecular complexity index is 1470. The fraction of sp³-hybridized carbons (Fsp3) is 0.182. The molecule has 4 radical (unpaired) electrons. The third-order valence-corrected chi connectivity index (χ3v) is 6.86. The number of hydrogen-bond acceptors (Lipinski definition) is 6. The second-order valence-electron chi connectivity index (χ2n) is 9.51. The van der Waals surface area contributed by atoms with Crippen molar-refractivity contribution >= 4 is 13.2 Å². The van der Waals surface area contributed by atoms with Crippen LogP contribution in [-0.2, 0) is 46.5 Å². The molecule has 238 valence electrons. The zero-order chi connectivity index (χ0) is 33.1. The van der Waals surface area contributed by atoms with Gasteiger partial charge < -0.3 is 23.3 Å². The summed E-state index contributed by atoms with van der Waals surface area (Å²) < 4.78 is 31.6. The van der Waals surface area contributed by atoms with Crippen molar-refractivity contribution in [3.63, 3.8) is 0 Å². The zero-order valence-corrected chi connectivity index (χ0v) is 27.9. The molecule has 0 unspecified atom stereocenters. The van der Waals surface area contributed by atoms with Crippen LogP contribution < -0.4 is 0 Å². The van der Waals surface area contributed by atoms with Crippen LogP contribution in [-0.4, -0.2) is 60.3 Å². The van der Waals surface area contributed by atoms with Gasteiger partial charge >= 0.3 is 49.8 Å². The first-order valence-electron chi connectivity index (χ1n) is 14.2. The number of methoxy groups -OCH3 is 1. The summed E-state index contributed by atoms with van der Waals surface area (Å²) in [7, 11) is 1.44. The average molecular weight is 714 g/mol. The summed E-state index contributed by atoms with van der Waals surface area (Å²) in [6.45, 7) is 11.3. The van der Waals surface area contributed by atoms with Crippen LogP contribution in [0.1, 0.15) is 30.5 Å². The number of aromatic nitrogens is 6. The molecule has 6 rings (SSSR count). The van der Waals surface area contributed by atoms with E-state index < -0.39 is 0 Å².